The fraction of sp³-hybridized carbons (Fsp3) is 0.0667. The van der Waals surface area contributed by atoms with E-state index in [1.165, 1.54) is 36.5 Å². The first-order chi connectivity index (χ1) is 19.7. The molecule has 0 unspecified atom stereocenters. The number of hydrogen-bond donors (Lipinski definition) is 1. The number of carbonyl (C=O) groups is 1. The molecule has 7 nitrogen and oxygen atoms in total. The second-order valence-electron chi connectivity index (χ2n) is 8.78. The third-order valence-corrected chi connectivity index (χ3v) is 5.90. The minimum absolute atomic E-state index is 0.0213. The molecule has 4 aromatic carbocycles. The van der Waals surface area contributed by atoms with Crippen LogP contribution < -0.4 is 15.6 Å². The summed E-state index contributed by atoms with van der Waals surface area (Å²) in [7, 11) is 0. The van der Waals surface area contributed by atoms with E-state index in [1.807, 2.05) is 0 Å². The Morgan fingerprint density at radius 3 is 2.51 bits per heavy atom. The number of carbonyl (C=O) groups excluding carboxylic acids is 1. The van der Waals surface area contributed by atoms with Crippen molar-refractivity contribution in [1.29, 1.82) is 0 Å². The first-order valence-electron chi connectivity index (χ1n) is 12.2. The lowest BCUT2D eigenvalue weighted by molar-refractivity contribution is -0.137. The van der Waals surface area contributed by atoms with Crippen molar-refractivity contribution in [3.63, 3.8) is 0 Å². The fourth-order valence-corrected chi connectivity index (χ4v) is 3.96. The Morgan fingerprint density at radius 1 is 0.951 bits per heavy atom. The van der Waals surface area contributed by atoms with Gasteiger partial charge in [-0.15, -0.1) is 0 Å². The molecule has 0 atom stereocenters. The van der Waals surface area contributed by atoms with Gasteiger partial charge in [-0.2, -0.15) is 22.9 Å². The molecule has 0 aliphatic carbocycles. The third kappa shape index (κ3) is 6.30. The largest absolute Gasteiger partial charge is 0.484 e. The highest BCUT2D eigenvalue weighted by Gasteiger charge is 2.31. The summed E-state index contributed by atoms with van der Waals surface area (Å²) >= 11 is 0. The minimum atomic E-state index is -4.59. The van der Waals surface area contributed by atoms with Crippen molar-refractivity contribution in [3.8, 4) is 17.1 Å². The first-order valence-corrected chi connectivity index (χ1v) is 12.2. The van der Waals surface area contributed by atoms with Crippen molar-refractivity contribution >= 4 is 28.7 Å². The highest BCUT2D eigenvalue weighted by Crippen LogP contribution is 2.32. The Morgan fingerprint density at radius 2 is 1.71 bits per heavy atom. The number of benzene rings is 4. The number of halogens is 4. The van der Waals surface area contributed by atoms with Gasteiger partial charge in [-0.25, -0.2) is 9.37 Å². The predicted octanol–water partition coefficient (Wildman–Crippen LogP) is 6.12. The van der Waals surface area contributed by atoms with Crippen LogP contribution in [-0.2, 0) is 11.0 Å². The number of para-hydroxylation sites is 2. The summed E-state index contributed by atoms with van der Waals surface area (Å²) in [4.78, 5) is 30.0. The SMILES string of the molecule is O=C(COc1cccc(C=Nn2c(-c3cccc(C(F)(F)F)c3)nc3ccccc3c2=O)c1)Nc1ccccc1F. The van der Waals surface area contributed by atoms with Crippen molar-refractivity contribution < 1.29 is 27.1 Å². The molecule has 0 saturated heterocycles. The molecule has 0 aliphatic heterocycles. The lowest BCUT2D eigenvalue weighted by atomic mass is 10.1. The van der Waals surface area contributed by atoms with Gasteiger partial charge in [0.25, 0.3) is 11.5 Å². The van der Waals surface area contributed by atoms with E-state index < -0.39 is 35.6 Å². The second-order valence-corrected chi connectivity index (χ2v) is 8.78. The van der Waals surface area contributed by atoms with Gasteiger partial charge in [-0.05, 0) is 54.1 Å². The van der Waals surface area contributed by atoms with Gasteiger partial charge in [-0.3, -0.25) is 9.59 Å². The molecular weight excluding hydrogens is 540 g/mol. The number of fused-ring (bicyclic) bond motifs is 1. The summed E-state index contributed by atoms with van der Waals surface area (Å²) in [5, 5.41) is 6.91. The summed E-state index contributed by atoms with van der Waals surface area (Å²) < 4.78 is 60.4. The third-order valence-electron chi connectivity index (χ3n) is 5.90. The van der Waals surface area contributed by atoms with E-state index in [0.717, 1.165) is 16.8 Å². The highest BCUT2D eigenvalue weighted by molar-refractivity contribution is 5.92. The molecule has 0 saturated carbocycles. The number of ether oxygens (including phenoxy) is 1. The van der Waals surface area contributed by atoms with E-state index >= 15 is 0 Å². The van der Waals surface area contributed by atoms with Crippen LogP contribution in [0.15, 0.2) is 107 Å². The Labute approximate surface area is 230 Å². The van der Waals surface area contributed by atoms with Crippen molar-refractivity contribution in [1.82, 2.24) is 9.66 Å². The van der Waals surface area contributed by atoms with Gasteiger partial charge in [0.2, 0.25) is 0 Å². The molecule has 1 N–H and O–H groups in total. The molecule has 206 valence electrons. The van der Waals surface area contributed by atoms with E-state index in [4.69, 9.17) is 4.74 Å². The quantitative estimate of drug-likeness (QED) is 0.192. The predicted molar refractivity (Wildman–Crippen MR) is 146 cm³/mol. The maximum atomic E-state index is 13.8. The molecule has 0 aliphatic rings. The zero-order valence-corrected chi connectivity index (χ0v) is 21.1. The van der Waals surface area contributed by atoms with E-state index in [0.29, 0.717) is 16.8 Å². The van der Waals surface area contributed by atoms with Crippen molar-refractivity contribution in [3.05, 3.63) is 124 Å². The van der Waals surface area contributed by atoms with E-state index in [-0.39, 0.29) is 22.5 Å². The van der Waals surface area contributed by atoms with Crippen LogP contribution in [0.4, 0.5) is 23.2 Å². The van der Waals surface area contributed by atoms with E-state index in [1.54, 1.807) is 54.6 Å². The smallest absolute Gasteiger partial charge is 0.416 e. The monoisotopic (exact) mass is 560 g/mol. The number of hydrogen-bond acceptors (Lipinski definition) is 5. The Hall–Kier alpha value is -5.32. The number of amides is 1. The lowest BCUT2D eigenvalue weighted by Crippen LogP contribution is -2.21. The van der Waals surface area contributed by atoms with Crippen molar-refractivity contribution in [2.24, 2.45) is 5.10 Å². The summed E-state index contributed by atoms with van der Waals surface area (Å²) in [5.74, 6) is -0.941. The molecule has 41 heavy (non-hydrogen) atoms. The number of rotatable bonds is 7. The number of anilines is 1. The van der Waals surface area contributed by atoms with Crippen LogP contribution in [0.5, 0.6) is 5.75 Å². The molecule has 11 heteroatoms. The molecule has 1 aromatic heterocycles. The standard InChI is InChI=1S/C30H20F4N4O3/c31-24-12-2-4-14-26(24)36-27(39)18-41-22-10-5-7-19(15-22)17-35-38-28(20-8-6-9-21(16-20)30(32,33)34)37-25-13-3-1-11-23(25)29(38)40/h1-17H,18H2,(H,36,39). The van der Waals surface area contributed by atoms with Gasteiger partial charge < -0.3 is 10.1 Å². The van der Waals surface area contributed by atoms with Crippen molar-refractivity contribution in [2.75, 3.05) is 11.9 Å². The van der Waals surface area contributed by atoms with Gasteiger partial charge in [0.1, 0.15) is 11.6 Å². The summed E-state index contributed by atoms with van der Waals surface area (Å²) in [6.07, 6.45) is -3.27. The van der Waals surface area contributed by atoms with Crippen LogP contribution in [0.3, 0.4) is 0 Å². The first kappa shape index (κ1) is 27.3. The topological polar surface area (TPSA) is 85.6 Å². The Balaban J connectivity index is 1.43. The van der Waals surface area contributed by atoms with Crippen LogP contribution in [0, 0.1) is 5.82 Å². The van der Waals surface area contributed by atoms with Gasteiger partial charge in [0, 0.05) is 5.56 Å². The summed E-state index contributed by atoms with van der Waals surface area (Å²) in [6.45, 7) is -0.400. The molecule has 0 bridgehead atoms. The lowest BCUT2D eigenvalue weighted by Gasteiger charge is -2.12. The van der Waals surface area contributed by atoms with E-state index in [9.17, 15) is 27.2 Å². The van der Waals surface area contributed by atoms with Crippen LogP contribution in [-0.4, -0.2) is 28.4 Å². The molecule has 0 fully saturated rings. The minimum Gasteiger partial charge on any atom is -0.484 e. The highest BCUT2D eigenvalue weighted by atomic mass is 19.4. The van der Waals surface area contributed by atoms with Gasteiger partial charge in [0.05, 0.1) is 28.4 Å². The number of nitrogens with one attached hydrogen (secondary N) is 1. The number of alkyl halides is 3. The van der Waals surface area contributed by atoms with Gasteiger partial charge in [0.15, 0.2) is 12.4 Å². The summed E-state index contributed by atoms with van der Waals surface area (Å²) in [6, 6.07) is 23.1. The fourth-order valence-electron chi connectivity index (χ4n) is 3.96. The molecule has 1 heterocycles. The van der Waals surface area contributed by atoms with Crippen LogP contribution >= 0.6 is 0 Å². The average molecular weight is 561 g/mol. The Kier molecular flexibility index (Phi) is 7.59. The molecule has 1 amide bonds. The van der Waals surface area contributed by atoms with Crippen LogP contribution in [0.2, 0.25) is 0 Å². The van der Waals surface area contributed by atoms with Gasteiger partial charge >= 0.3 is 6.18 Å². The number of aromatic nitrogens is 2. The van der Waals surface area contributed by atoms with Crippen molar-refractivity contribution in [2.45, 2.75) is 6.18 Å². The zero-order valence-electron chi connectivity index (χ0n) is 21.1. The molecular formula is C30H20F4N4O3. The maximum absolute atomic E-state index is 13.8. The van der Waals surface area contributed by atoms with Crippen LogP contribution in [0.1, 0.15) is 11.1 Å². The molecule has 0 spiro atoms. The molecule has 5 aromatic rings. The second kappa shape index (κ2) is 11.4. The average Bonchev–Trinajstić information content (AvgIpc) is 2.96. The summed E-state index contributed by atoms with van der Waals surface area (Å²) in [5.41, 5.74) is -0.619. The molecule has 0 radical (unpaired) electrons. The Bertz CT molecular complexity index is 1830. The zero-order chi connectivity index (χ0) is 29.0. The molecule has 5 rings (SSSR count). The van der Waals surface area contributed by atoms with E-state index in [2.05, 4.69) is 15.4 Å². The maximum Gasteiger partial charge on any atom is 0.416 e. The normalized spacial score (nSPS) is 11.6. The van der Waals surface area contributed by atoms with Crippen LogP contribution in [0.25, 0.3) is 22.3 Å². The van der Waals surface area contributed by atoms with Gasteiger partial charge in [-0.1, -0.05) is 48.5 Å². The number of nitrogens with zero attached hydrogens (tertiary/aromatic N) is 3.